The minimum Gasteiger partial charge on any atom is -0.382 e. The van der Waals surface area contributed by atoms with Crippen LogP contribution in [0.1, 0.15) is 27.2 Å². The SMILES string of the molecule is CCOCCCSCC(C)(C)N. The van der Waals surface area contributed by atoms with Crippen LogP contribution in [0.15, 0.2) is 0 Å². The predicted molar refractivity (Wildman–Crippen MR) is 56.7 cm³/mol. The monoisotopic (exact) mass is 191 g/mol. The second-order valence-electron chi connectivity index (χ2n) is 3.59. The largest absolute Gasteiger partial charge is 0.382 e. The first-order valence-electron chi connectivity index (χ1n) is 4.50. The maximum absolute atomic E-state index is 5.82. The molecule has 0 bridgehead atoms. The molecule has 0 rings (SSSR count). The fourth-order valence-corrected chi connectivity index (χ4v) is 1.74. The molecule has 0 aromatic carbocycles. The maximum atomic E-state index is 5.82. The molecule has 2 N–H and O–H groups in total. The van der Waals surface area contributed by atoms with E-state index in [1.165, 1.54) is 0 Å². The lowest BCUT2D eigenvalue weighted by Crippen LogP contribution is -2.34. The first kappa shape index (κ1) is 12.3. The number of nitrogens with two attached hydrogens (primary N) is 1. The molecule has 3 heteroatoms. The molecule has 0 atom stereocenters. The van der Waals surface area contributed by atoms with Crippen LogP contribution >= 0.6 is 11.8 Å². The summed E-state index contributed by atoms with van der Waals surface area (Å²) in [5, 5.41) is 0. The van der Waals surface area contributed by atoms with E-state index in [-0.39, 0.29) is 5.54 Å². The molecule has 0 radical (unpaired) electrons. The van der Waals surface area contributed by atoms with Crippen molar-refractivity contribution in [3.05, 3.63) is 0 Å². The molecule has 0 aromatic rings. The Morgan fingerprint density at radius 1 is 1.42 bits per heavy atom. The van der Waals surface area contributed by atoms with Crippen LogP contribution in [0.3, 0.4) is 0 Å². The molecule has 2 nitrogen and oxygen atoms in total. The van der Waals surface area contributed by atoms with Gasteiger partial charge in [0.25, 0.3) is 0 Å². The summed E-state index contributed by atoms with van der Waals surface area (Å²) in [6.45, 7) is 7.85. The lowest BCUT2D eigenvalue weighted by molar-refractivity contribution is 0.149. The third-order valence-electron chi connectivity index (χ3n) is 1.26. The highest BCUT2D eigenvalue weighted by Crippen LogP contribution is 2.10. The molecule has 0 amide bonds. The lowest BCUT2D eigenvalue weighted by Gasteiger charge is -2.17. The lowest BCUT2D eigenvalue weighted by atomic mass is 10.1. The van der Waals surface area contributed by atoms with Crippen molar-refractivity contribution in [2.45, 2.75) is 32.7 Å². The van der Waals surface area contributed by atoms with Crippen LogP contribution in [0.2, 0.25) is 0 Å². The highest BCUT2D eigenvalue weighted by molar-refractivity contribution is 7.99. The fourth-order valence-electron chi connectivity index (χ4n) is 0.743. The van der Waals surface area contributed by atoms with Crippen LogP contribution in [0.4, 0.5) is 0 Å². The highest BCUT2D eigenvalue weighted by Gasteiger charge is 2.09. The molecular weight excluding hydrogens is 170 g/mol. The molecule has 0 aliphatic heterocycles. The molecule has 0 spiro atoms. The number of hydrogen-bond acceptors (Lipinski definition) is 3. The Morgan fingerprint density at radius 3 is 2.58 bits per heavy atom. The Kier molecular flexibility index (Phi) is 6.90. The van der Waals surface area contributed by atoms with Gasteiger partial charge < -0.3 is 10.5 Å². The number of rotatable bonds is 7. The van der Waals surface area contributed by atoms with Gasteiger partial charge in [-0.25, -0.2) is 0 Å². The molecule has 0 saturated carbocycles. The van der Waals surface area contributed by atoms with E-state index in [4.69, 9.17) is 10.5 Å². The summed E-state index contributed by atoms with van der Waals surface area (Å²) in [4.78, 5) is 0. The highest BCUT2D eigenvalue weighted by atomic mass is 32.2. The number of ether oxygens (including phenoxy) is 1. The first-order valence-corrected chi connectivity index (χ1v) is 5.66. The normalized spacial score (nSPS) is 12.0. The molecule has 0 unspecified atom stereocenters. The smallest absolute Gasteiger partial charge is 0.0473 e. The van der Waals surface area contributed by atoms with Crippen molar-refractivity contribution < 1.29 is 4.74 Å². The van der Waals surface area contributed by atoms with Crippen LogP contribution in [-0.2, 0) is 4.74 Å². The summed E-state index contributed by atoms with van der Waals surface area (Å²) in [5.41, 5.74) is 5.79. The maximum Gasteiger partial charge on any atom is 0.0473 e. The zero-order valence-corrected chi connectivity index (χ0v) is 9.25. The minimum absolute atomic E-state index is 0.0315. The Hall–Kier alpha value is 0.270. The standard InChI is InChI=1S/C9H21NOS/c1-4-11-6-5-7-12-8-9(2,3)10/h4-8,10H2,1-3H3. The third kappa shape index (κ3) is 10.3. The zero-order chi connectivity index (χ0) is 9.45. The van der Waals surface area contributed by atoms with Gasteiger partial charge >= 0.3 is 0 Å². The molecule has 0 heterocycles. The van der Waals surface area contributed by atoms with Crippen molar-refractivity contribution in [1.29, 1.82) is 0 Å². The van der Waals surface area contributed by atoms with Gasteiger partial charge in [-0.05, 0) is 32.9 Å². The van der Waals surface area contributed by atoms with Gasteiger partial charge in [-0.3, -0.25) is 0 Å². The van der Waals surface area contributed by atoms with Gasteiger partial charge in [-0.1, -0.05) is 0 Å². The quantitative estimate of drug-likeness (QED) is 0.624. The number of thioether (sulfide) groups is 1. The van der Waals surface area contributed by atoms with Gasteiger partial charge in [0.05, 0.1) is 0 Å². The zero-order valence-electron chi connectivity index (χ0n) is 8.43. The first-order chi connectivity index (χ1) is 5.56. The second kappa shape index (κ2) is 6.75. The summed E-state index contributed by atoms with van der Waals surface area (Å²) in [5.74, 6) is 2.18. The average molecular weight is 191 g/mol. The van der Waals surface area contributed by atoms with Crippen LogP contribution < -0.4 is 5.73 Å². The van der Waals surface area contributed by atoms with Crippen molar-refractivity contribution in [2.24, 2.45) is 5.73 Å². The summed E-state index contributed by atoms with van der Waals surface area (Å²) < 4.78 is 5.22. The van der Waals surface area contributed by atoms with Gasteiger partial charge in [0.1, 0.15) is 0 Å². The van der Waals surface area contributed by atoms with E-state index in [0.717, 1.165) is 31.1 Å². The van der Waals surface area contributed by atoms with E-state index in [1.54, 1.807) is 0 Å². The van der Waals surface area contributed by atoms with Gasteiger partial charge in [0.2, 0.25) is 0 Å². The fraction of sp³-hybridized carbons (Fsp3) is 1.00. The van der Waals surface area contributed by atoms with Crippen molar-refractivity contribution in [1.82, 2.24) is 0 Å². The van der Waals surface area contributed by atoms with Gasteiger partial charge in [0, 0.05) is 24.5 Å². The molecular formula is C9H21NOS. The second-order valence-corrected chi connectivity index (χ2v) is 4.70. The van der Waals surface area contributed by atoms with Crippen LogP contribution in [0.5, 0.6) is 0 Å². The summed E-state index contributed by atoms with van der Waals surface area (Å²) in [6, 6.07) is 0. The molecule has 0 aliphatic rings. The van der Waals surface area contributed by atoms with E-state index >= 15 is 0 Å². The van der Waals surface area contributed by atoms with Crippen LogP contribution in [-0.4, -0.2) is 30.3 Å². The van der Waals surface area contributed by atoms with E-state index in [2.05, 4.69) is 13.8 Å². The van der Waals surface area contributed by atoms with Gasteiger partial charge in [0.15, 0.2) is 0 Å². The molecule has 0 fully saturated rings. The topological polar surface area (TPSA) is 35.2 Å². The summed E-state index contributed by atoms with van der Waals surface area (Å²) in [7, 11) is 0. The van der Waals surface area contributed by atoms with E-state index < -0.39 is 0 Å². The summed E-state index contributed by atoms with van der Waals surface area (Å²) in [6.07, 6.45) is 1.13. The minimum atomic E-state index is -0.0315. The van der Waals surface area contributed by atoms with Crippen molar-refractivity contribution in [3.8, 4) is 0 Å². The molecule has 0 aliphatic carbocycles. The van der Waals surface area contributed by atoms with Crippen molar-refractivity contribution >= 4 is 11.8 Å². The van der Waals surface area contributed by atoms with E-state index in [1.807, 2.05) is 18.7 Å². The van der Waals surface area contributed by atoms with E-state index in [9.17, 15) is 0 Å². The Balaban J connectivity index is 3.01. The van der Waals surface area contributed by atoms with Crippen molar-refractivity contribution in [2.75, 3.05) is 24.7 Å². The Labute approximate surface area is 80.2 Å². The van der Waals surface area contributed by atoms with Gasteiger partial charge in [-0.2, -0.15) is 11.8 Å². The van der Waals surface area contributed by atoms with E-state index in [0.29, 0.717) is 0 Å². The molecule has 74 valence electrons. The number of hydrogen-bond donors (Lipinski definition) is 1. The van der Waals surface area contributed by atoms with Crippen molar-refractivity contribution in [3.63, 3.8) is 0 Å². The average Bonchev–Trinajstić information content (AvgIpc) is 1.94. The predicted octanol–water partition coefficient (Wildman–Crippen LogP) is 1.88. The van der Waals surface area contributed by atoms with Crippen LogP contribution in [0.25, 0.3) is 0 Å². The van der Waals surface area contributed by atoms with Crippen LogP contribution in [0, 0.1) is 0 Å². The molecule has 12 heavy (non-hydrogen) atoms. The molecule has 0 saturated heterocycles. The van der Waals surface area contributed by atoms with Gasteiger partial charge in [-0.15, -0.1) is 0 Å². The summed E-state index contributed by atoms with van der Waals surface area (Å²) >= 11 is 1.91. The third-order valence-corrected chi connectivity index (χ3v) is 2.78. The Morgan fingerprint density at radius 2 is 2.08 bits per heavy atom. The Bertz CT molecular complexity index is 101. The molecule has 0 aromatic heterocycles.